The maximum Gasteiger partial charge on any atom is 0.389 e. The summed E-state index contributed by atoms with van der Waals surface area (Å²) in [4.78, 5) is 0. The van der Waals surface area contributed by atoms with Crippen molar-refractivity contribution in [2.24, 2.45) is 11.8 Å². The van der Waals surface area contributed by atoms with E-state index in [1.165, 1.54) is 0 Å². The Morgan fingerprint density at radius 2 is 1.75 bits per heavy atom. The van der Waals surface area contributed by atoms with E-state index in [0.29, 0.717) is 6.54 Å². The van der Waals surface area contributed by atoms with Crippen molar-refractivity contribution in [2.45, 2.75) is 26.4 Å². The smallest absolute Gasteiger partial charge is 0.319 e. The zero-order valence-electron chi connectivity index (χ0n) is 7.70. The molecule has 0 aliphatic carbocycles. The van der Waals surface area contributed by atoms with Gasteiger partial charge < -0.3 is 5.32 Å². The number of rotatable bonds is 4. The van der Waals surface area contributed by atoms with Crippen molar-refractivity contribution in [3.63, 3.8) is 0 Å². The minimum absolute atomic E-state index is 0.0686. The average Bonchev–Trinajstić information content (AvgIpc) is 1.83. The minimum Gasteiger partial charge on any atom is -0.319 e. The number of hydrogen-bond acceptors (Lipinski definition) is 1. The summed E-state index contributed by atoms with van der Waals surface area (Å²) >= 11 is 0. The van der Waals surface area contributed by atoms with E-state index in [1.807, 2.05) is 13.8 Å². The Kier molecular flexibility index (Phi) is 4.60. The first-order valence-electron chi connectivity index (χ1n) is 4.08. The maximum atomic E-state index is 12.0. The van der Waals surface area contributed by atoms with Gasteiger partial charge in [0.05, 0.1) is 0 Å². The van der Waals surface area contributed by atoms with Crippen LogP contribution in [0.4, 0.5) is 13.2 Å². The van der Waals surface area contributed by atoms with Gasteiger partial charge in [0, 0.05) is 6.42 Å². The topological polar surface area (TPSA) is 12.0 Å². The summed E-state index contributed by atoms with van der Waals surface area (Å²) in [6, 6.07) is 0. The molecule has 0 aliphatic rings. The molecule has 4 heteroatoms. The lowest BCUT2D eigenvalue weighted by atomic mass is 9.92. The monoisotopic (exact) mass is 183 g/mol. The van der Waals surface area contributed by atoms with E-state index in [1.54, 1.807) is 7.05 Å². The molecular formula is C8H16F3N. The van der Waals surface area contributed by atoms with E-state index in [0.717, 1.165) is 0 Å². The zero-order chi connectivity index (χ0) is 9.78. The Balaban J connectivity index is 3.95. The highest BCUT2D eigenvalue weighted by molar-refractivity contribution is 4.68. The third-order valence-corrected chi connectivity index (χ3v) is 1.90. The molecule has 0 unspecified atom stereocenters. The van der Waals surface area contributed by atoms with Crippen molar-refractivity contribution < 1.29 is 13.2 Å². The standard InChI is InChI=1S/C8H16F3N/c1-6(2)7(5-12-3)4-8(9,10)11/h6-7,12H,4-5H2,1-3H3/t7-/m0/s1. The third kappa shape index (κ3) is 5.41. The van der Waals surface area contributed by atoms with Crippen molar-refractivity contribution >= 4 is 0 Å². The van der Waals surface area contributed by atoms with Crippen LogP contribution < -0.4 is 5.32 Å². The van der Waals surface area contributed by atoms with E-state index >= 15 is 0 Å². The second-order valence-electron chi connectivity index (χ2n) is 3.38. The van der Waals surface area contributed by atoms with Crippen LogP contribution in [-0.4, -0.2) is 19.8 Å². The molecule has 0 bridgehead atoms. The lowest BCUT2D eigenvalue weighted by Gasteiger charge is -2.21. The molecule has 0 heterocycles. The molecule has 0 aromatic rings. The molecule has 1 atom stereocenters. The van der Waals surface area contributed by atoms with Gasteiger partial charge >= 0.3 is 6.18 Å². The van der Waals surface area contributed by atoms with Gasteiger partial charge in [-0.3, -0.25) is 0 Å². The van der Waals surface area contributed by atoms with Gasteiger partial charge in [0.15, 0.2) is 0 Å². The largest absolute Gasteiger partial charge is 0.389 e. The van der Waals surface area contributed by atoms with Crippen LogP contribution in [0.25, 0.3) is 0 Å². The van der Waals surface area contributed by atoms with Crippen LogP contribution in [-0.2, 0) is 0 Å². The van der Waals surface area contributed by atoms with E-state index in [4.69, 9.17) is 0 Å². The fraction of sp³-hybridized carbons (Fsp3) is 1.00. The number of halogens is 3. The van der Waals surface area contributed by atoms with Gasteiger partial charge in [-0.1, -0.05) is 13.8 Å². The summed E-state index contributed by atoms with van der Waals surface area (Å²) in [5, 5.41) is 2.77. The van der Waals surface area contributed by atoms with Crippen molar-refractivity contribution in [2.75, 3.05) is 13.6 Å². The third-order valence-electron chi connectivity index (χ3n) is 1.90. The van der Waals surface area contributed by atoms with Crippen LogP contribution >= 0.6 is 0 Å². The van der Waals surface area contributed by atoms with E-state index in [9.17, 15) is 13.2 Å². The summed E-state index contributed by atoms with van der Waals surface area (Å²) in [5.41, 5.74) is 0. The number of alkyl halides is 3. The van der Waals surface area contributed by atoms with Crippen LogP contribution in [0.5, 0.6) is 0 Å². The molecular weight excluding hydrogens is 167 g/mol. The molecule has 0 rings (SSSR count). The van der Waals surface area contributed by atoms with Crippen LogP contribution in [0.2, 0.25) is 0 Å². The van der Waals surface area contributed by atoms with Crippen molar-refractivity contribution in [1.82, 2.24) is 5.32 Å². The molecule has 0 fully saturated rings. The minimum atomic E-state index is -4.04. The van der Waals surface area contributed by atoms with Gasteiger partial charge in [0.2, 0.25) is 0 Å². The molecule has 0 spiro atoms. The summed E-state index contributed by atoms with van der Waals surface area (Å²) in [5.74, 6) is -0.242. The van der Waals surface area contributed by atoms with E-state index in [-0.39, 0.29) is 11.8 Å². The van der Waals surface area contributed by atoms with Crippen LogP contribution in [0.1, 0.15) is 20.3 Å². The van der Waals surface area contributed by atoms with E-state index in [2.05, 4.69) is 5.32 Å². The molecule has 0 radical (unpaired) electrons. The lowest BCUT2D eigenvalue weighted by molar-refractivity contribution is -0.147. The maximum absolute atomic E-state index is 12.0. The number of hydrogen-bond donors (Lipinski definition) is 1. The molecule has 12 heavy (non-hydrogen) atoms. The zero-order valence-corrected chi connectivity index (χ0v) is 7.70. The SMILES string of the molecule is CNC[C@H](CC(F)(F)F)C(C)C. The average molecular weight is 183 g/mol. The molecule has 0 saturated heterocycles. The van der Waals surface area contributed by atoms with Gasteiger partial charge in [-0.05, 0) is 25.4 Å². The molecule has 74 valence electrons. The van der Waals surface area contributed by atoms with Gasteiger partial charge in [0.25, 0.3) is 0 Å². The molecule has 0 aromatic heterocycles. The quantitative estimate of drug-likeness (QED) is 0.705. The first-order chi connectivity index (χ1) is 5.37. The highest BCUT2D eigenvalue weighted by Gasteiger charge is 2.32. The van der Waals surface area contributed by atoms with Crippen molar-refractivity contribution in [3.8, 4) is 0 Å². The summed E-state index contributed by atoms with van der Waals surface area (Å²) in [6.07, 6.45) is -4.72. The normalized spacial score (nSPS) is 15.2. The first kappa shape index (κ1) is 11.8. The molecule has 0 aromatic carbocycles. The molecule has 1 N–H and O–H groups in total. The summed E-state index contributed by atoms with van der Waals surface area (Å²) in [6.45, 7) is 4.05. The number of nitrogens with one attached hydrogen (secondary N) is 1. The Morgan fingerprint density at radius 1 is 1.25 bits per heavy atom. The Bertz CT molecular complexity index is 120. The lowest BCUT2D eigenvalue weighted by Crippen LogP contribution is -2.28. The molecule has 0 saturated carbocycles. The van der Waals surface area contributed by atoms with Gasteiger partial charge in [-0.25, -0.2) is 0 Å². The summed E-state index contributed by atoms with van der Waals surface area (Å²) in [7, 11) is 1.67. The van der Waals surface area contributed by atoms with Gasteiger partial charge in [0.1, 0.15) is 0 Å². The highest BCUT2D eigenvalue weighted by atomic mass is 19.4. The highest BCUT2D eigenvalue weighted by Crippen LogP contribution is 2.28. The molecule has 1 nitrogen and oxygen atoms in total. The Morgan fingerprint density at radius 3 is 2.00 bits per heavy atom. The van der Waals surface area contributed by atoms with Crippen molar-refractivity contribution in [1.29, 1.82) is 0 Å². The Hall–Kier alpha value is -0.250. The van der Waals surface area contributed by atoms with Gasteiger partial charge in [-0.2, -0.15) is 13.2 Å². The fourth-order valence-electron chi connectivity index (χ4n) is 1.10. The molecule has 0 aliphatic heterocycles. The predicted molar refractivity (Wildman–Crippen MR) is 42.9 cm³/mol. The second-order valence-corrected chi connectivity index (χ2v) is 3.38. The molecule has 0 amide bonds. The van der Waals surface area contributed by atoms with Gasteiger partial charge in [-0.15, -0.1) is 0 Å². The second kappa shape index (κ2) is 4.70. The Labute approximate surface area is 71.3 Å². The predicted octanol–water partition coefficient (Wildman–Crippen LogP) is 2.43. The summed E-state index contributed by atoms with van der Waals surface area (Å²) < 4.78 is 35.9. The fourth-order valence-corrected chi connectivity index (χ4v) is 1.10. The first-order valence-corrected chi connectivity index (χ1v) is 4.08. The van der Waals surface area contributed by atoms with Crippen LogP contribution in [0, 0.1) is 11.8 Å². The van der Waals surface area contributed by atoms with Crippen LogP contribution in [0.15, 0.2) is 0 Å². The van der Waals surface area contributed by atoms with Crippen molar-refractivity contribution in [3.05, 3.63) is 0 Å². The van der Waals surface area contributed by atoms with Crippen LogP contribution in [0.3, 0.4) is 0 Å². The van der Waals surface area contributed by atoms with E-state index < -0.39 is 12.6 Å².